The van der Waals surface area contributed by atoms with Gasteiger partial charge in [-0.05, 0) is 42.8 Å². The van der Waals surface area contributed by atoms with Crippen LogP contribution in [0.4, 0.5) is 5.69 Å². The first kappa shape index (κ1) is 17.8. The molecule has 0 aliphatic rings. The fourth-order valence-corrected chi connectivity index (χ4v) is 2.08. The normalized spacial score (nSPS) is 10.6. The highest BCUT2D eigenvalue weighted by Gasteiger charge is 2.12. The molecule has 0 aromatic heterocycles. The summed E-state index contributed by atoms with van der Waals surface area (Å²) in [6, 6.07) is 14.7. The van der Waals surface area contributed by atoms with Gasteiger partial charge in [-0.2, -0.15) is 5.26 Å². The number of carbonyl (C=O) groups excluding carboxylic acids is 1. The Morgan fingerprint density at radius 3 is 2.48 bits per heavy atom. The molecule has 0 saturated carbocycles. The molecule has 0 fully saturated rings. The summed E-state index contributed by atoms with van der Waals surface area (Å²) in [5, 5.41) is 20.8. The standard InChI is InChI=1S/C19H16N2O4/c1-2-25-17-6-4-3-5-16(17)21-18(22)15(12-20)11-13-7-9-14(10-8-13)19(23)24/h3-11H,2H2,1H3,(H,21,22)(H,23,24)/b15-11-. The molecule has 6 heteroatoms. The Morgan fingerprint density at radius 2 is 1.88 bits per heavy atom. The number of nitrogens with one attached hydrogen (secondary N) is 1. The van der Waals surface area contributed by atoms with Gasteiger partial charge in [0, 0.05) is 0 Å². The Bertz CT molecular complexity index is 848. The van der Waals surface area contributed by atoms with Crippen molar-refractivity contribution in [3.05, 3.63) is 65.2 Å². The highest BCUT2D eigenvalue weighted by molar-refractivity contribution is 6.10. The van der Waals surface area contributed by atoms with Gasteiger partial charge in [-0.25, -0.2) is 4.79 Å². The van der Waals surface area contributed by atoms with E-state index >= 15 is 0 Å². The molecule has 0 aliphatic carbocycles. The lowest BCUT2D eigenvalue weighted by atomic mass is 10.1. The predicted molar refractivity (Wildman–Crippen MR) is 93.2 cm³/mol. The van der Waals surface area contributed by atoms with Crippen LogP contribution in [0.5, 0.6) is 5.75 Å². The SMILES string of the molecule is CCOc1ccccc1NC(=O)/C(C#N)=C\c1ccc(C(=O)O)cc1. The summed E-state index contributed by atoms with van der Waals surface area (Å²) in [4.78, 5) is 23.2. The second kappa shape index (κ2) is 8.31. The lowest BCUT2D eigenvalue weighted by Gasteiger charge is -2.10. The Balaban J connectivity index is 2.21. The van der Waals surface area contributed by atoms with E-state index in [0.29, 0.717) is 23.6 Å². The number of rotatable bonds is 6. The highest BCUT2D eigenvalue weighted by atomic mass is 16.5. The minimum Gasteiger partial charge on any atom is -0.492 e. The monoisotopic (exact) mass is 336 g/mol. The molecule has 0 heterocycles. The minimum atomic E-state index is -1.04. The van der Waals surface area contributed by atoms with E-state index in [1.165, 1.54) is 30.3 Å². The van der Waals surface area contributed by atoms with Crippen molar-refractivity contribution < 1.29 is 19.4 Å². The van der Waals surface area contributed by atoms with E-state index in [2.05, 4.69) is 5.32 Å². The molecule has 0 radical (unpaired) electrons. The summed E-state index contributed by atoms with van der Waals surface area (Å²) in [7, 11) is 0. The van der Waals surface area contributed by atoms with Gasteiger partial charge in [0.15, 0.2) is 0 Å². The number of benzene rings is 2. The van der Waals surface area contributed by atoms with E-state index in [4.69, 9.17) is 9.84 Å². The van der Waals surface area contributed by atoms with Gasteiger partial charge in [0.25, 0.3) is 5.91 Å². The molecule has 2 rings (SSSR count). The number of nitriles is 1. The average Bonchev–Trinajstić information content (AvgIpc) is 2.61. The van der Waals surface area contributed by atoms with Crippen LogP contribution in [-0.4, -0.2) is 23.6 Å². The number of ether oxygens (including phenoxy) is 1. The molecule has 126 valence electrons. The highest BCUT2D eigenvalue weighted by Crippen LogP contribution is 2.24. The van der Waals surface area contributed by atoms with Crippen LogP contribution in [0.3, 0.4) is 0 Å². The molecule has 0 spiro atoms. The molecule has 0 saturated heterocycles. The third-order valence-electron chi connectivity index (χ3n) is 3.27. The number of carboxylic acid groups (broad SMARTS) is 1. The summed E-state index contributed by atoms with van der Waals surface area (Å²) in [6.45, 7) is 2.28. The number of para-hydroxylation sites is 2. The first-order valence-electron chi connectivity index (χ1n) is 7.53. The maximum absolute atomic E-state index is 12.3. The van der Waals surface area contributed by atoms with Gasteiger partial charge >= 0.3 is 5.97 Å². The molecule has 1 amide bonds. The number of aromatic carboxylic acids is 1. The molecule has 6 nitrogen and oxygen atoms in total. The van der Waals surface area contributed by atoms with E-state index in [9.17, 15) is 14.9 Å². The Kier molecular flexibility index (Phi) is 5.91. The van der Waals surface area contributed by atoms with Gasteiger partial charge in [0.05, 0.1) is 17.9 Å². The van der Waals surface area contributed by atoms with Gasteiger partial charge in [-0.1, -0.05) is 24.3 Å². The van der Waals surface area contributed by atoms with Crippen LogP contribution >= 0.6 is 0 Å². The largest absolute Gasteiger partial charge is 0.492 e. The molecular formula is C19H16N2O4. The van der Waals surface area contributed by atoms with Crippen molar-refractivity contribution in [1.82, 2.24) is 0 Å². The zero-order valence-corrected chi connectivity index (χ0v) is 13.5. The molecule has 0 unspecified atom stereocenters. The topological polar surface area (TPSA) is 99.4 Å². The fraction of sp³-hybridized carbons (Fsp3) is 0.105. The van der Waals surface area contributed by atoms with E-state index in [0.717, 1.165) is 0 Å². The van der Waals surface area contributed by atoms with Crippen molar-refractivity contribution in [2.24, 2.45) is 0 Å². The molecule has 25 heavy (non-hydrogen) atoms. The summed E-state index contributed by atoms with van der Waals surface area (Å²) in [6.07, 6.45) is 1.39. The minimum absolute atomic E-state index is 0.102. The van der Waals surface area contributed by atoms with Gasteiger partial charge in [0.1, 0.15) is 17.4 Å². The maximum Gasteiger partial charge on any atom is 0.335 e. The van der Waals surface area contributed by atoms with E-state index in [-0.39, 0.29) is 11.1 Å². The third kappa shape index (κ3) is 4.69. The molecule has 0 atom stereocenters. The number of carbonyl (C=O) groups is 2. The first-order valence-corrected chi connectivity index (χ1v) is 7.53. The summed E-state index contributed by atoms with van der Waals surface area (Å²) < 4.78 is 5.43. The van der Waals surface area contributed by atoms with Gasteiger partial charge < -0.3 is 15.2 Å². The average molecular weight is 336 g/mol. The van der Waals surface area contributed by atoms with E-state index < -0.39 is 11.9 Å². The number of hydrogen-bond donors (Lipinski definition) is 2. The summed E-state index contributed by atoms with van der Waals surface area (Å²) >= 11 is 0. The lowest BCUT2D eigenvalue weighted by molar-refractivity contribution is -0.112. The van der Waals surface area contributed by atoms with E-state index in [1.807, 2.05) is 13.0 Å². The molecule has 0 aliphatic heterocycles. The Morgan fingerprint density at radius 1 is 1.20 bits per heavy atom. The van der Waals surface area contributed by atoms with Crippen molar-refractivity contribution >= 4 is 23.6 Å². The van der Waals surface area contributed by atoms with Crippen LogP contribution in [0.1, 0.15) is 22.8 Å². The first-order chi connectivity index (χ1) is 12.0. The van der Waals surface area contributed by atoms with Crippen molar-refractivity contribution in [2.75, 3.05) is 11.9 Å². The molecule has 0 bridgehead atoms. The smallest absolute Gasteiger partial charge is 0.335 e. The maximum atomic E-state index is 12.3. The van der Waals surface area contributed by atoms with Crippen LogP contribution in [0, 0.1) is 11.3 Å². The second-order valence-electron chi connectivity index (χ2n) is 4.98. The number of nitrogens with zero attached hydrogens (tertiary/aromatic N) is 1. The van der Waals surface area contributed by atoms with Crippen molar-refractivity contribution in [3.63, 3.8) is 0 Å². The Hall–Kier alpha value is -3.59. The zero-order chi connectivity index (χ0) is 18.2. The summed E-state index contributed by atoms with van der Waals surface area (Å²) in [5.74, 6) is -1.10. The van der Waals surface area contributed by atoms with Gasteiger partial charge in [-0.15, -0.1) is 0 Å². The molecule has 2 aromatic rings. The molecule has 2 N–H and O–H groups in total. The lowest BCUT2D eigenvalue weighted by Crippen LogP contribution is -2.14. The predicted octanol–water partition coefficient (Wildman–Crippen LogP) is 3.33. The Labute approximate surface area is 145 Å². The second-order valence-corrected chi connectivity index (χ2v) is 4.98. The number of hydrogen-bond acceptors (Lipinski definition) is 4. The van der Waals surface area contributed by atoms with Crippen LogP contribution in [0.2, 0.25) is 0 Å². The third-order valence-corrected chi connectivity index (χ3v) is 3.27. The van der Waals surface area contributed by atoms with Crippen molar-refractivity contribution in [2.45, 2.75) is 6.92 Å². The van der Waals surface area contributed by atoms with Gasteiger partial charge in [-0.3, -0.25) is 4.79 Å². The van der Waals surface area contributed by atoms with Crippen LogP contribution in [0.25, 0.3) is 6.08 Å². The van der Waals surface area contributed by atoms with Crippen molar-refractivity contribution in [3.8, 4) is 11.8 Å². The molecule has 2 aromatic carbocycles. The number of amides is 1. The van der Waals surface area contributed by atoms with Crippen LogP contribution < -0.4 is 10.1 Å². The van der Waals surface area contributed by atoms with Crippen molar-refractivity contribution in [1.29, 1.82) is 5.26 Å². The summed E-state index contributed by atoms with van der Waals surface area (Å²) in [5.41, 5.74) is 1.05. The molecular weight excluding hydrogens is 320 g/mol. The quantitative estimate of drug-likeness (QED) is 0.622. The number of carboxylic acids is 1. The number of anilines is 1. The van der Waals surface area contributed by atoms with Crippen LogP contribution in [0.15, 0.2) is 54.1 Å². The fourth-order valence-electron chi connectivity index (χ4n) is 2.08. The van der Waals surface area contributed by atoms with Crippen LogP contribution in [-0.2, 0) is 4.79 Å². The van der Waals surface area contributed by atoms with Gasteiger partial charge in [0.2, 0.25) is 0 Å². The van der Waals surface area contributed by atoms with E-state index in [1.54, 1.807) is 24.3 Å². The zero-order valence-electron chi connectivity index (χ0n) is 13.5.